The number of carbonyl (C=O) groups is 2. The zero-order chi connectivity index (χ0) is 23.3. The quantitative estimate of drug-likeness (QED) is 0.452. The molecule has 1 aliphatic rings. The Balaban J connectivity index is 1.46. The van der Waals surface area contributed by atoms with Crippen LogP contribution >= 0.6 is 22.7 Å². The lowest BCUT2D eigenvalue weighted by molar-refractivity contribution is -0.116. The van der Waals surface area contributed by atoms with Crippen molar-refractivity contribution in [3.8, 4) is 11.1 Å². The molecule has 2 amide bonds. The highest BCUT2D eigenvalue weighted by molar-refractivity contribution is 7.17. The predicted molar refractivity (Wildman–Crippen MR) is 132 cm³/mol. The number of thiophene rings is 2. The van der Waals surface area contributed by atoms with E-state index in [2.05, 4.69) is 16.4 Å². The molecule has 1 aliphatic carbocycles. The first kappa shape index (κ1) is 21.5. The monoisotopic (exact) mass is 478 g/mol. The summed E-state index contributed by atoms with van der Waals surface area (Å²) >= 11 is 2.80. The Hall–Kier alpha value is -3.30. The summed E-state index contributed by atoms with van der Waals surface area (Å²) in [6.45, 7) is 3.88. The van der Waals surface area contributed by atoms with E-state index in [1.54, 1.807) is 0 Å². The van der Waals surface area contributed by atoms with Gasteiger partial charge < -0.3 is 11.1 Å². The second kappa shape index (κ2) is 8.24. The molecule has 0 saturated heterocycles. The maximum atomic E-state index is 13.3. The zero-order valence-electron chi connectivity index (χ0n) is 18.2. The number of nitrogens with zero attached hydrogens (tertiary/aromatic N) is 2. The van der Waals surface area contributed by atoms with Gasteiger partial charge in [-0.2, -0.15) is 0 Å². The van der Waals surface area contributed by atoms with Crippen LogP contribution in [0, 0.1) is 13.8 Å². The first-order valence-electron chi connectivity index (χ1n) is 10.6. The van der Waals surface area contributed by atoms with Crippen LogP contribution in [0.25, 0.3) is 21.3 Å². The molecule has 1 aromatic carbocycles. The number of carbonyl (C=O) groups excluding carboxylic acids is 2. The second-order valence-electron chi connectivity index (χ2n) is 8.28. The number of aromatic nitrogens is 2. The van der Waals surface area contributed by atoms with E-state index in [0.717, 1.165) is 46.4 Å². The molecule has 9 heteroatoms. The number of anilines is 1. The lowest BCUT2D eigenvalue weighted by atomic mass is 10.0. The number of fused-ring (bicyclic) bond motifs is 2. The van der Waals surface area contributed by atoms with E-state index in [-0.39, 0.29) is 12.1 Å². The second-order valence-corrected chi connectivity index (χ2v) is 10.2. The molecule has 0 radical (unpaired) electrons. The lowest BCUT2D eigenvalue weighted by Gasteiger charge is -2.09. The van der Waals surface area contributed by atoms with Crippen LogP contribution in [0.3, 0.4) is 0 Å². The first-order valence-corrected chi connectivity index (χ1v) is 12.3. The Kier molecular flexibility index (Phi) is 5.38. The SMILES string of the molecule is Cc1ccc(-c2csc3ncn(CC(=O)Nc4sc5c(c4C(N)=O)CCC5)c(=O)c23)cc1C. The molecule has 0 bridgehead atoms. The van der Waals surface area contributed by atoms with Crippen molar-refractivity contribution in [2.24, 2.45) is 5.73 Å². The Morgan fingerprint density at radius 3 is 2.79 bits per heavy atom. The number of aryl methyl sites for hydroxylation is 3. The maximum absolute atomic E-state index is 13.3. The van der Waals surface area contributed by atoms with Crippen molar-refractivity contribution in [3.63, 3.8) is 0 Å². The zero-order valence-corrected chi connectivity index (χ0v) is 19.9. The minimum Gasteiger partial charge on any atom is -0.365 e. The van der Waals surface area contributed by atoms with E-state index >= 15 is 0 Å². The van der Waals surface area contributed by atoms with Gasteiger partial charge in [0, 0.05) is 15.8 Å². The lowest BCUT2D eigenvalue weighted by Crippen LogP contribution is -2.28. The molecule has 7 nitrogen and oxygen atoms in total. The largest absolute Gasteiger partial charge is 0.365 e. The molecule has 33 heavy (non-hydrogen) atoms. The highest BCUT2D eigenvalue weighted by Crippen LogP contribution is 2.39. The fourth-order valence-corrected chi connectivity index (χ4v) is 6.49. The third kappa shape index (κ3) is 3.77. The van der Waals surface area contributed by atoms with E-state index in [4.69, 9.17) is 5.73 Å². The number of benzene rings is 1. The Bertz CT molecular complexity index is 1500. The normalized spacial score (nSPS) is 12.8. The van der Waals surface area contributed by atoms with Crippen LogP contribution in [0.1, 0.15) is 38.3 Å². The Labute approximate surface area is 197 Å². The highest BCUT2D eigenvalue weighted by Gasteiger charge is 2.26. The third-order valence-electron chi connectivity index (χ3n) is 6.11. The van der Waals surface area contributed by atoms with Gasteiger partial charge in [-0.1, -0.05) is 18.2 Å². The van der Waals surface area contributed by atoms with Crippen LogP contribution in [0.4, 0.5) is 5.00 Å². The fourth-order valence-electron chi connectivity index (χ4n) is 4.28. The van der Waals surface area contributed by atoms with Crippen LogP contribution < -0.4 is 16.6 Å². The van der Waals surface area contributed by atoms with Crippen LogP contribution in [0.15, 0.2) is 34.7 Å². The molecule has 3 N–H and O–H groups in total. The number of rotatable bonds is 5. The molecule has 0 unspecified atom stereocenters. The average molecular weight is 479 g/mol. The van der Waals surface area contributed by atoms with Crippen molar-refractivity contribution < 1.29 is 9.59 Å². The minimum atomic E-state index is -0.541. The molecule has 3 heterocycles. The first-order chi connectivity index (χ1) is 15.8. The summed E-state index contributed by atoms with van der Waals surface area (Å²) in [6, 6.07) is 6.08. The van der Waals surface area contributed by atoms with E-state index in [0.29, 0.717) is 20.8 Å². The summed E-state index contributed by atoms with van der Waals surface area (Å²) in [5, 5.41) is 5.69. The number of hydrogen-bond acceptors (Lipinski definition) is 6. The van der Waals surface area contributed by atoms with Crippen molar-refractivity contribution in [1.29, 1.82) is 0 Å². The van der Waals surface area contributed by atoms with Crippen LogP contribution in [0.2, 0.25) is 0 Å². The molecule has 0 atom stereocenters. The smallest absolute Gasteiger partial charge is 0.263 e. The molecule has 0 spiro atoms. The summed E-state index contributed by atoms with van der Waals surface area (Å²) in [5.74, 6) is -0.940. The van der Waals surface area contributed by atoms with E-state index in [9.17, 15) is 14.4 Å². The van der Waals surface area contributed by atoms with Crippen molar-refractivity contribution in [2.45, 2.75) is 39.7 Å². The van der Waals surface area contributed by atoms with Gasteiger partial charge in [0.25, 0.3) is 11.5 Å². The van der Waals surface area contributed by atoms with Gasteiger partial charge in [0.15, 0.2) is 0 Å². The minimum absolute atomic E-state index is 0.204. The molecule has 3 aromatic heterocycles. The van der Waals surface area contributed by atoms with Gasteiger partial charge >= 0.3 is 0 Å². The standard InChI is InChI=1S/C24H22N4O3S2/c1-12-6-7-14(8-13(12)2)16-10-32-22-20(16)24(31)28(11-26-22)9-18(29)27-23-19(21(25)30)15-4-3-5-17(15)33-23/h6-8,10-11H,3-5,9H2,1-2H3,(H2,25,30)(H,27,29). The third-order valence-corrected chi connectivity index (χ3v) is 8.21. The van der Waals surface area contributed by atoms with Gasteiger partial charge in [0.1, 0.15) is 16.4 Å². The number of nitrogens with one attached hydrogen (secondary N) is 1. The average Bonchev–Trinajstić information content (AvgIpc) is 3.46. The van der Waals surface area contributed by atoms with Crippen LogP contribution in [-0.4, -0.2) is 21.4 Å². The number of primary amides is 1. The molecular weight excluding hydrogens is 456 g/mol. The summed E-state index contributed by atoms with van der Waals surface area (Å²) in [5.41, 5.74) is 10.7. The van der Waals surface area contributed by atoms with Gasteiger partial charge in [-0.25, -0.2) is 4.98 Å². The molecule has 168 valence electrons. The molecule has 4 aromatic rings. The van der Waals surface area contributed by atoms with Crippen molar-refractivity contribution >= 4 is 49.7 Å². The van der Waals surface area contributed by atoms with Gasteiger partial charge in [-0.15, -0.1) is 22.7 Å². The van der Waals surface area contributed by atoms with Crippen molar-refractivity contribution in [1.82, 2.24) is 9.55 Å². The van der Waals surface area contributed by atoms with Crippen molar-refractivity contribution in [2.75, 3.05) is 5.32 Å². The molecule has 0 fully saturated rings. The molecule has 0 aliphatic heterocycles. The van der Waals surface area contributed by atoms with Gasteiger partial charge in [0.2, 0.25) is 5.91 Å². The van der Waals surface area contributed by atoms with Crippen molar-refractivity contribution in [3.05, 3.63) is 67.4 Å². The summed E-state index contributed by atoms with van der Waals surface area (Å²) in [4.78, 5) is 44.2. The molecule has 0 saturated carbocycles. The Morgan fingerprint density at radius 1 is 1.21 bits per heavy atom. The molecular formula is C24H22N4O3S2. The van der Waals surface area contributed by atoms with Gasteiger partial charge in [-0.3, -0.25) is 19.0 Å². The summed E-state index contributed by atoms with van der Waals surface area (Å²) < 4.78 is 1.31. The van der Waals surface area contributed by atoms with Crippen LogP contribution in [0.5, 0.6) is 0 Å². The molecule has 5 rings (SSSR count). The Morgan fingerprint density at radius 2 is 2.03 bits per heavy atom. The van der Waals surface area contributed by atoms with Gasteiger partial charge in [0.05, 0.1) is 17.3 Å². The van der Waals surface area contributed by atoms with E-state index < -0.39 is 11.8 Å². The van der Waals surface area contributed by atoms with Gasteiger partial charge in [-0.05, 0) is 55.4 Å². The predicted octanol–water partition coefficient (Wildman–Crippen LogP) is 4.03. The van der Waals surface area contributed by atoms with E-state index in [1.807, 2.05) is 31.4 Å². The summed E-state index contributed by atoms with van der Waals surface area (Å²) in [6.07, 6.45) is 4.06. The summed E-state index contributed by atoms with van der Waals surface area (Å²) in [7, 11) is 0. The maximum Gasteiger partial charge on any atom is 0.263 e. The number of hydrogen-bond donors (Lipinski definition) is 2. The fraction of sp³-hybridized carbons (Fsp3) is 0.250. The topological polar surface area (TPSA) is 107 Å². The van der Waals surface area contributed by atoms with E-state index in [1.165, 1.54) is 39.1 Å². The number of nitrogens with two attached hydrogens (primary N) is 1. The number of amides is 2. The highest BCUT2D eigenvalue weighted by atomic mass is 32.1. The van der Waals surface area contributed by atoms with Crippen LogP contribution in [-0.2, 0) is 24.2 Å².